The first kappa shape index (κ1) is 19.5. The third-order valence-corrected chi connectivity index (χ3v) is 6.50. The van der Waals surface area contributed by atoms with Crippen LogP contribution in [0.5, 0.6) is 0 Å². The molecule has 1 aliphatic heterocycles. The number of hydrogen-bond acceptors (Lipinski definition) is 6. The molecule has 2 aromatic heterocycles. The zero-order chi connectivity index (χ0) is 20.5. The molecule has 1 saturated heterocycles. The lowest BCUT2D eigenvalue weighted by Gasteiger charge is -2.35. The van der Waals surface area contributed by atoms with E-state index in [0.717, 1.165) is 73.2 Å². The number of morpholine rings is 1. The molecule has 0 radical (unpaired) electrons. The van der Waals surface area contributed by atoms with Crippen LogP contribution in [0.15, 0.2) is 30.6 Å². The van der Waals surface area contributed by atoms with Crippen LogP contribution in [0.4, 0.5) is 5.69 Å². The highest BCUT2D eigenvalue weighted by atomic mass is 16.5. The maximum absolute atomic E-state index is 5.64. The van der Waals surface area contributed by atoms with Gasteiger partial charge in [0.1, 0.15) is 0 Å². The predicted octanol–water partition coefficient (Wildman–Crippen LogP) is 3.33. The van der Waals surface area contributed by atoms with Crippen molar-refractivity contribution in [3.63, 3.8) is 0 Å². The molecule has 5 rings (SSSR count). The van der Waals surface area contributed by atoms with Crippen LogP contribution in [0.1, 0.15) is 37.4 Å². The van der Waals surface area contributed by atoms with Gasteiger partial charge in [0.05, 0.1) is 47.9 Å². The number of benzene rings is 1. The standard InChI is InChI=1S/C23H30N6O/c1-16-20(15-29(27-16)19-11-17(12-19)3-2-6-24)23-14-25-21-5-4-18(13-22(21)26-23)28-7-9-30-10-8-28/h4-5,13-15,17,19H,2-3,6-12,24H2,1H3. The Bertz CT molecular complexity index is 1020. The SMILES string of the molecule is Cc1nn(C2CC(CCCN)C2)cc1-c1cnc2ccc(N3CCOCC3)cc2n1. The minimum atomic E-state index is 0.501. The van der Waals surface area contributed by atoms with Crippen molar-refractivity contribution >= 4 is 16.7 Å². The summed E-state index contributed by atoms with van der Waals surface area (Å²) in [5.74, 6) is 0.797. The van der Waals surface area contributed by atoms with Gasteiger partial charge in [-0.05, 0) is 63.3 Å². The maximum Gasteiger partial charge on any atom is 0.0927 e. The molecule has 2 N–H and O–H groups in total. The molecule has 0 atom stereocenters. The van der Waals surface area contributed by atoms with E-state index in [1.807, 2.05) is 6.20 Å². The molecule has 0 amide bonds. The second-order valence-corrected chi connectivity index (χ2v) is 8.56. The number of hydrogen-bond donors (Lipinski definition) is 1. The van der Waals surface area contributed by atoms with Gasteiger partial charge in [0.25, 0.3) is 0 Å². The molecule has 1 aliphatic carbocycles. The van der Waals surface area contributed by atoms with Crippen molar-refractivity contribution in [2.24, 2.45) is 11.7 Å². The Kier molecular flexibility index (Phi) is 5.39. The number of aryl methyl sites for hydroxylation is 1. The Morgan fingerprint density at radius 3 is 2.80 bits per heavy atom. The van der Waals surface area contributed by atoms with Crippen molar-refractivity contribution in [1.82, 2.24) is 19.7 Å². The number of rotatable bonds is 6. The Hall–Kier alpha value is -2.51. The summed E-state index contributed by atoms with van der Waals surface area (Å²) in [7, 11) is 0. The van der Waals surface area contributed by atoms with Gasteiger partial charge in [-0.15, -0.1) is 0 Å². The first-order valence-corrected chi connectivity index (χ1v) is 11.1. The van der Waals surface area contributed by atoms with Crippen LogP contribution in [-0.4, -0.2) is 52.6 Å². The van der Waals surface area contributed by atoms with Gasteiger partial charge >= 0.3 is 0 Å². The molecular weight excluding hydrogens is 376 g/mol. The van der Waals surface area contributed by atoms with Gasteiger partial charge in [0, 0.05) is 30.5 Å². The summed E-state index contributed by atoms with van der Waals surface area (Å²) >= 11 is 0. The molecule has 2 fully saturated rings. The molecule has 1 saturated carbocycles. The normalized spacial score (nSPS) is 21.7. The Morgan fingerprint density at radius 2 is 2.00 bits per heavy atom. The number of aromatic nitrogens is 4. The first-order valence-electron chi connectivity index (χ1n) is 11.1. The highest BCUT2D eigenvalue weighted by Crippen LogP contribution is 2.40. The molecule has 2 aliphatic rings. The topological polar surface area (TPSA) is 82.1 Å². The zero-order valence-corrected chi connectivity index (χ0v) is 17.6. The largest absolute Gasteiger partial charge is 0.378 e. The van der Waals surface area contributed by atoms with E-state index in [9.17, 15) is 0 Å². The van der Waals surface area contributed by atoms with Gasteiger partial charge < -0.3 is 15.4 Å². The highest BCUT2D eigenvalue weighted by molar-refractivity contribution is 5.81. The number of ether oxygens (including phenoxy) is 1. The summed E-state index contributed by atoms with van der Waals surface area (Å²) in [5.41, 5.74) is 11.6. The first-order chi connectivity index (χ1) is 14.7. The van der Waals surface area contributed by atoms with Gasteiger partial charge in [0.15, 0.2) is 0 Å². The summed E-state index contributed by atoms with van der Waals surface area (Å²) in [4.78, 5) is 12.0. The van der Waals surface area contributed by atoms with E-state index in [2.05, 4.69) is 45.9 Å². The van der Waals surface area contributed by atoms with E-state index in [-0.39, 0.29) is 0 Å². The average Bonchev–Trinajstić information content (AvgIpc) is 3.13. The molecule has 1 aromatic carbocycles. The highest BCUT2D eigenvalue weighted by Gasteiger charge is 2.31. The third-order valence-electron chi connectivity index (χ3n) is 6.50. The molecule has 158 valence electrons. The number of anilines is 1. The average molecular weight is 407 g/mol. The smallest absolute Gasteiger partial charge is 0.0927 e. The minimum absolute atomic E-state index is 0.501. The van der Waals surface area contributed by atoms with Gasteiger partial charge in [0.2, 0.25) is 0 Å². The van der Waals surface area contributed by atoms with Crippen LogP contribution < -0.4 is 10.6 Å². The number of nitrogens with zero attached hydrogens (tertiary/aromatic N) is 5. The van der Waals surface area contributed by atoms with Crippen LogP contribution in [0, 0.1) is 12.8 Å². The Morgan fingerprint density at radius 1 is 1.17 bits per heavy atom. The number of fused-ring (bicyclic) bond motifs is 1. The van der Waals surface area contributed by atoms with Gasteiger partial charge in [-0.1, -0.05) is 0 Å². The summed E-state index contributed by atoms with van der Waals surface area (Å²) in [6.45, 7) is 6.23. The third kappa shape index (κ3) is 3.79. The fraction of sp³-hybridized carbons (Fsp3) is 0.522. The number of nitrogens with two attached hydrogens (primary N) is 1. The Labute approximate surface area is 177 Å². The van der Waals surface area contributed by atoms with Crippen LogP contribution in [0.3, 0.4) is 0 Å². The summed E-state index contributed by atoms with van der Waals surface area (Å²) in [6.07, 6.45) is 8.79. The van der Waals surface area contributed by atoms with Crippen LogP contribution >= 0.6 is 0 Å². The van der Waals surface area contributed by atoms with Crippen molar-refractivity contribution in [3.05, 3.63) is 36.3 Å². The minimum Gasteiger partial charge on any atom is -0.378 e. The summed E-state index contributed by atoms with van der Waals surface area (Å²) in [5, 5.41) is 4.80. The summed E-state index contributed by atoms with van der Waals surface area (Å²) < 4.78 is 7.61. The van der Waals surface area contributed by atoms with Gasteiger partial charge in [-0.2, -0.15) is 5.10 Å². The predicted molar refractivity (Wildman–Crippen MR) is 119 cm³/mol. The lowest BCUT2D eigenvalue weighted by atomic mass is 9.77. The fourth-order valence-corrected chi connectivity index (χ4v) is 4.63. The van der Waals surface area contributed by atoms with Crippen molar-refractivity contribution in [2.45, 2.75) is 38.6 Å². The fourth-order valence-electron chi connectivity index (χ4n) is 4.63. The second kappa shape index (κ2) is 8.32. The molecule has 30 heavy (non-hydrogen) atoms. The van der Waals surface area contributed by atoms with E-state index in [4.69, 9.17) is 20.6 Å². The zero-order valence-electron chi connectivity index (χ0n) is 17.6. The monoisotopic (exact) mass is 406 g/mol. The van der Waals surface area contributed by atoms with E-state index >= 15 is 0 Å². The van der Waals surface area contributed by atoms with Crippen LogP contribution in [0.2, 0.25) is 0 Å². The summed E-state index contributed by atoms with van der Waals surface area (Å²) in [6, 6.07) is 6.83. The maximum atomic E-state index is 5.64. The van der Waals surface area contributed by atoms with Gasteiger partial charge in [-0.3, -0.25) is 9.67 Å². The van der Waals surface area contributed by atoms with Crippen LogP contribution in [0.25, 0.3) is 22.3 Å². The van der Waals surface area contributed by atoms with E-state index in [1.165, 1.54) is 24.9 Å². The second-order valence-electron chi connectivity index (χ2n) is 8.56. The van der Waals surface area contributed by atoms with Crippen molar-refractivity contribution in [3.8, 4) is 11.3 Å². The van der Waals surface area contributed by atoms with Gasteiger partial charge in [-0.25, -0.2) is 4.98 Å². The molecule has 0 bridgehead atoms. The van der Waals surface area contributed by atoms with Crippen molar-refractivity contribution in [2.75, 3.05) is 37.7 Å². The van der Waals surface area contributed by atoms with E-state index in [1.54, 1.807) is 0 Å². The molecule has 7 heteroatoms. The molecule has 3 aromatic rings. The Balaban J connectivity index is 1.37. The van der Waals surface area contributed by atoms with E-state index < -0.39 is 0 Å². The molecule has 3 heterocycles. The molecule has 7 nitrogen and oxygen atoms in total. The molecular formula is C23H30N6O. The molecule has 0 unspecified atom stereocenters. The van der Waals surface area contributed by atoms with Crippen molar-refractivity contribution < 1.29 is 4.74 Å². The van der Waals surface area contributed by atoms with Crippen LogP contribution in [-0.2, 0) is 4.74 Å². The lowest BCUT2D eigenvalue weighted by Crippen LogP contribution is -2.36. The van der Waals surface area contributed by atoms with Crippen molar-refractivity contribution in [1.29, 1.82) is 0 Å². The molecule has 0 spiro atoms. The lowest BCUT2D eigenvalue weighted by molar-refractivity contribution is 0.122. The van der Waals surface area contributed by atoms with E-state index in [0.29, 0.717) is 6.04 Å². The quantitative estimate of drug-likeness (QED) is 0.676.